The third-order valence-corrected chi connectivity index (χ3v) is 4.56. The van der Waals surface area contributed by atoms with Gasteiger partial charge in [-0.05, 0) is 42.8 Å². The summed E-state index contributed by atoms with van der Waals surface area (Å²) in [7, 11) is 0. The second-order valence-corrected chi connectivity index (χ2v) is 5.98. The van der Waals surface area contributed by atoms with Gasteiger partial charge in [0.2, 0.25) is 5.91 Å². The van der Waals surface area contributed by atoms with Crippen LogP contribution in [-0.2, 0) is 4.79 Å². The van der Waals surface area contributed by atoms with E-state index in [1.807, 2.05) is 6.92 Å². The third-order valence-electron chi connectivity index (χ3n) is 3.26. The number of carbonyl (C=O) groups excluding carboxylic acids is 1. The number of amidine groups is 1. The molecule has 5 nitrogen and oxygen atoms in total. The predicted octanol–water partition coefficient (Wildman–Crippen LogP) is 3.67. The molecule has 0 spiro atoms. The Balaban J connectivity index is 1.89. The minimum Gasteiger partial charge on any atom is -0.463 e. The van der Waals surface area contributed by atoms with Crippen molar-refractivity contribution < 1.29 is 13.6 Å². The highest BCUT2D eigenvalue weighted by Crippen LogP contribution is 2.33. The van der Waals surface area contributed by atoms with Crippen LogP contribution in [0.25, 0.3) is 0 Å². The molecule has 7 heteroatoms. The predicted molar refractivity (Wildman–Crippen MR) is 89.3 cm³/mol. The third kappa shape index (κ3) is 3.34. The zero-order valence-electron chi connectivity index (χ0n) is 12.3. The molecule has 2 heterocycles. The molecule has 0 radical (unpaired) electrons. The zero-order chi connectivity index (χ0) is 16.2. The lowest BCUT2D eigenvalue weighted by molar-refractivity contribution is -0.116. The molecule has 2 aromatic rings. The van der Waals surface area contributed by atoms with E-state index in [1.165, 1.54) is 35.0 Å². The van der Waals surface area contributed by atoms with Gasteiger partial charge in [-0.1, -0.05) is 18.7 Å². The Labute approximate surface area is 136 Å². The fourth-order valence-electron chi connectivity index (χ4n) is 2.12. The van der Waals surface area contributed by atoms with Gasteiger partial charge in [-0.25, -0.2) is 4.39 Å². The summed E-state index contributed by atoms with van der Waals surface area (Å²) in [5, 5.41) is 8.36. The molecule has 1 aromatic heterocycles. The molecule has 1 saturated heterocycles. The van der Waals surface area contributed by atoms with E-state index in [2.05, 4.69) is 10.2 Å². The van der Waals surface area contributed by atoms with E-state index in [9.17, 15) is 9.18 Å². The van der Waals surface area contributed by atoms with Crippen LogP contribution in [0.2, 0.25) is 0 Å². The maximum Gasteiger partial charge on any atom is 0.246 e. The van der Waals surface area contributed by atoms with Crippen molar-refractivity contribution in [2.24, 2.45) is 10.2 Å². The van der Waals surface area contributed by atoms with Crippen LogP contribution in [0.3, 0.4) is 0 Å². The maximum atomic E-state index is 13.1. The molecule has 1 aliphatic rings. The topological polar surface area (TPSA) is 58.2 Å². The highest BCUT2D eigenvalue weighted by molar-refractivity contribution is 8.16. The zero-order valence-corrected chi connectivity index (χ0v) is 13.2. The van der Waals surface area contributed by atoms with Crippen LogP contribution in [-0.4, -0.2) is 22.5 Å². The number of hydrogen-bond acceptors (Lipinski definition) is 5. The summed E-state index contributed by atoms with van der Waals surface area (Å²) >= 11 is 1.35. The molecule has 118 valence electrons. The highest BCUT2D eigenvalue weighted by Gasteiger charge is 2.38. The summed E-state index contributed by atoms with van der Waals surface area (Å²) in [5.41, 5.74) is 0.576. The Morgan fingerprint density at radius 3 is 2.78 bits per heavy atom. The van der Waals surface area contributed by atoms with Gasteiger partial charge in [-0.15, -0.1) is 5.10 Å². The standard InChI is InChI=1S/C16H14FN3O2S/c1-2-14-15(21)20(12-7-5-11(17)6-8-12)16(23-14)19-18-10-13-4-3-9-22-13/h3-10,14H,2H2,1H3/b18-10+,19-16-/t14-/m0/s1. The summed E-state index contributed by atoms with van der Waals surface area (Å²) in [5.74, 6) is 0.148. The summed E-state index contributed by atoms with van der Waals surface area (Å²) in [6.45, 7) is 1.94. The Morgan fingerprint density at radius 2 is 2.13 bits per heavy atom. The van der Waals surface area contributed by atoms with E-state index < -0.39 is 0 Å². The lowest BCUT2D eigenvalue weighted by Gasteiger charge is -2.15. The lowest BCUT2D eigenvalue weighted by Crippen LogP contribution is -2.31. The molecule has 1 aliphatic heterocycles. The quantitative estimate of drug-likeness (QED) is 0.634. The summed E-state index contributed by atoms with van der Waals surface area (Å²) in [6, 6.07) is 9.24. The largest absolute Gasteiger partial charge is 0.463 e. The van der Waals surface area contributed by atoms with Crippen molar-refractivity contribution >= 4 is 34.7 Å². The van der Waals surface area contributed by atoms with E-state index in [1.54, 1.807) is 30.5 Å². The number of halogens is 1. The Kier molecular flexibility index (Phi) is 4.57. The molecule has 0 bridgehead atoms. The van der Waals surface area contributed by atoms with Gasteiger partial charge < -0.3 is 4.42 Å². The highest BCUT2D eigenvalue weighted by atomic mass is 32.2. The minimum atomic E-state index is -0.352. The van der Waals surface area contributed by atoms with Crippen LogP contribution in [0.5, 0.6) is 0 Å². The van der Waals surface area contributed by atoms with Crippen LogP contribution in [0, 0.1) is 5.82 Å². The molecule has 0 saturated carbocycles. The van der Waals surface area contributed by atoms with Crippen LogP contribution in [0.4, 0.5) is 10.1 Å². The van der Waals surface area contributed by atoms with Gasteiger partial charge in [0.05, 0.1) is 23.4 Å². The van der Waals surface area contributed by atoms with Crippen LogP contribution >= 0.6 is 11.8 Å². The number of benzene rings is 1. The molecule has 3 rings (SSSR count). The Morgan fingerprint density at radius 1 is 1.35 bits per heavy atom. The van der Waals surface area contributed by atoms with Gasteiger partial charge in [-0.2, -0.15) is 5.10 Å². The summed E-state index contributed by atoms with van der Waals surface area (Å²) < 4.78 is 18.2. The van der Waals surface area contributed by atoms with Crippen molar-refractivity contribution in [2.45, 2.75) is 18.6 Å². The van der Waals surface area contributed by atoms with Crippen molar-refractivity contribution in [3.05, 3.63) is 54.2 Å². The van der Waals surface area contributed by atoms with Gasteiger partial charge in [0.25, 0.3) is 0 Å². The minimum absolute atomic E-state index is 0.0731. The number of amides is 1. The Bertz CT molecular complexity index is 741. The average molecular weight is 331 g/mol. The van der Waals surface area contributed by atoms with E-state index in [0.29, 0.717) is 23.0 Å². The number of nitrogens with zero attached hydrogens (tertiary/aromatic N) is 3. The molecular weight excluding hydrogens is 317 g/mol. The van der Waals surface area contributed by atoms with E-state index in [-0.39, 0.29) is 17.0 Å². The van der Waals surface area contributed by atoms with Crippen molar-refractivity contribution in [2.75, 3.05) is 4.90 Å². The molecule has 1 amide bonds. The second kappa shape index (κ2) is 6.78. The first-order valence-electron chi connectivity index (χ1n) is 7.09. The van der Waals surface area contributed by atoms with Crippen LogP contribution in [0.1, 0.15) is 19.1 Å². The van der Waals surface area contributed by atoms with Crippen molar-refractivity contribution in [1.29, 1.82) is 0 Å². The average Bonchev–Trinajstić information content (AvgIpc) is 3.17. The monoisotopic (exact) mass is 331 g/mol. The van der Waals surface area contributed by atoms with E-state index in [0.717, 1.165) is 0 Å². The van der Waals surface area contributed by atoms with Crippen LogP contribution < -0.4 is 4.90 Å². The molecule has 1 aromatic carbocycles. The summed E-state index contributed by atoms with van der Waals surface area (Å²) in [6.07, 6.45) is 3.70. The fraction of sp³-hybridized carbons (Fsp3) is 0.188. The first-order chi connectivity index (χ1) is 11.2. The first kappa shape index (κ1) is 15.5. The smallest absolute Gasteiger partial charge is 0.246 e. The number of anilines is 1. The van der Waals surface area contributed by atoms with Crippen molar-refractivity contribution in [1.82, 2.24) is 0 Å². The lowest BCUT2D eigenvalue weighted by atomic mass is 10.2. The molecule has 1 fully saturated rings. The van der Waals surface area contributed by atoms with Gasteiger partial charge in [-0.3, -0.25) is 9.69 Å². The molecule has 1 atom stereocenters. The van der Waals surface area contributed by atoms with Gasteiger partial charge in [0, 0.05) is 0 Å². The number of hydrogen-bond donors (Lipinski definition) is 0. The van der Waals surface area contributed by atoms with Gasteiger partial charge in [0.15, 0.2) is 5.17 Å². The van der Waals surface area contributed by atoms with Crippen LogP contribution in [0.15, 0.2) is 57.3 Å². The van der Waals surface area contributed by atoms with E-state index in [4.69, 9.17) is 4.42 Å². The molecule has 0 aliphatic carbocycles. The molecule has 23 heavy (non-hydrogen) atoms. The molecule has 0 unspecified atom stereocenters. The second-order valence-electron chi connectivity index (χ2n) is 4.81. The van der Waals surface area contributed by atoms with Crippen molar-refractivity contribution in [3.8, 4) is 0 Å². The first-order valence-corrected chi connectivity index (χ1v) is 7.97. The Hall–Kier alpha value is -2.41. The van der Waals surface area contributed by atoms with Gasteiger partial charge >= 0.3 is 0 Å². The molecular formula is C16H14FN3O2S. The van der Waals surface area contributed by atoms with Gasteiger partial charge in [0.1, 0.15) is 11.6 Å². The SMILES string of the molecule is CC[C@@H]1S/C(=N\N=C\c2ccco2)N(c2ccc(F)cc2)C1=O. The number of rotatable bonds is 4. The molecule has 0 N–H and O–H groups in total. The number of thioether (sulfide) groups is 1. The maximum absolute atomic E-state index is 13.1. The number of carbonyl (C=O) groups is 1. The fourth-order valence-corrected chi connectivity index (χ4v) is 3.15. The van der Waals surface area contributed by atoms with E-state index >= 15 is 0 Å². The summed E-state index contributed by atoms with van der Waals surface area (Å²) in [4.78, 5) is 14.0. The van der Waals surface area contributed by atoms with Crippen molar-refractivity contribution in [3.63, 3.8) is 0 Å². The normalized spacial score (nSPS) is 20.1. The number of furan rings is 1.